The SMILES string of the molecule is CC(C)(C)N=c1cccccc1[N]([Ge][O][Ge]1[N](C(C)(C)C)C2=CC=CC=CC2=[N+]1C(C)(C)C)C(C)(C)C. The minimum atomic E-state index is -2.43. The molecule has 0 spiro atoms. The minimum absolute atomic E-state index is 0.0525. The van der Waals surface area contributed by atoms with Crippen molar-refractivity contribution in [2.45, 2.75) is 105 Å². The summed E-state index contributed by atoms with van der Waals surface area (Å²) >= 11 is -3.42. The van der Waals surface area contributed by atoms with Gasteiger partial charge in [0.1, 0.15) is 0 Å². The van der Waals surface area contributed by atoms with E-state index in [0.717, 1.165) is 11.0 Å². The first-order valence-corrected chi connectivity index (χ1v) is 17.7. The molecule has 1 aliphatic heterocycles. The molecule has 7 heteroatoms. The fourth-order valence-electron chi connectivity index (χ4n) is 4.41. The molecule has 199 valence electrons. The summed E-state index contributed by atoms with van der Waals surface area (Å²) in [6, 6.07) is 10.6. The van der Waals surface area contributed by atoms with Gasteiger partial charge in [-0.1, -0.05) is 0 Å². The molecule has 0 amide bonds. The van der Waals surface area contributed by atoms with E-state index in [-0.39, 0.29) is 22.2 Å². The number of hydrogen-bond acceptors (Lipinski definition) is 4. The Morgan fingerprint density at radius 1 is 0.865 bits per heavy atom. The maximum absolute atomic E-state index is 7.28. The van der Waals surface area contributed by atoms with Crippen molar-refractivity contribution in [3.05, 3.63) is 71.8 Å². The van der Waals surface area contributed by atoms with Crippen LogP contribution in [0.15, 0.2) is 71.4 Å². The van der Waals surface area contributed by atoms with Gasteiger partial charge in [-0.2, -0.15) is 0 Å². The van der Waals surface area contributed by atoms with Gasteiger partial charge >= 0.3 is 239 Å². The molecule has 1 aliphatic carbocycles. The molecule has 0 bridgehead atoms. The van der Waals surface area contributed by atoms with E-state index in [1.165, 1.54) is 11.4 Å². The van der Waals surface area contributed by atoms with E-state index in [9.17, 15) is 0 Å². The Kier molecular flexibility index (Phi) is 8.82. The van der Waals surface area contributed by atoms with E-state index < -0.39 is 31.1 Å². The van der Waals surface area contributed by atoms with Crippen LogP contribution in [0, 0.1) is 0 Å². The number of fused-ring (bicyclic) bond motifs is 1. The van der Waals surface area contributed by atoms with Gasteiger partial charge in [-0.25, -0.2) is 0 Å². The molecule has 1 aromatic rings. The van der Waals surface area contributed by atoms with Crippen LogP contribution in [-0.2, 0) is 2.79 Å². The number of hydrogen-bond donors (Lipinski definition) is 0. The molecule has 2 aliphatic rings. The summed E-state index contributed by atoms with van der Waals surface area (Å²) in [5.41, 5.74) is 3.34. The molecule has 5 nitrogen and oxygen atoms in total. The quantitative estimate of drug-likeness (QED) is 0.392. The molecule has 0 saturated heterocycles. The Morgan fingerprint density at radius 2 is 1.51 bits per heavy atom. The van der Waals surface area contributed by atoms with Crippen LogP contribution in [0.1, 0.15) is 83.1 Å². The van der Waals surface area contributed by atoms with Crippen LogP contribution < -0.4 is 9.21 Å². The topological polar surface area (TPSA) is 31.1 Å². The molecular weight excluding hydrogens is 578 g/mol. The Morgan fingerprint density at radius 3 is 2.08 bits per heavy atom. The van der Waals surface area contributed by atoms with Crippen LogP contribution >= 0.6 is 0 Å². The van der Waals surface area contributed by atoms with Gasteiger partial charge in [-0.15, -0.1) is 0 Å². The molecule has 3 radical (unpaired) electrons. The van der Waals surface area contributed by atoms with Crippen molar-refractivity contribution in [2.75, 3.05) is 3.86 Å². The van der Waals surface area contributed by atoms with Crippen molar-refractivity contribution < 1.29 is 6.32 Å². The Bertz CT molecular complexity index is 1190. The number of anilines is 1. The van der Waals surface area contributed by atoms with Crippen LogP contribution in [0.4, 0.5) is 5.69 Å². The Labute approximate surface area is 237 Å². The second-order valence-corrected chi connectivity index (χ2v) is 20.7. The van der Waals surface area contributed by atoms with E-state index >= 15 is 0 Å². The second kappa shape index (κ2) is 10.9. The zero-order chi connectivity index (χ0) is 27.8. The molecule has 3 rings (SSSR count). The van der Waals surface area contributed by atoms with Gasteiger partial charge in [0.15, 0.2) is 0 Å². The number of allylic oxidation sites excluding steroid dienone is 5. The summed E-state index contributed by atoms with van der Waals surface area (Å²) in [7, 11) is 0. The molecule has 1 aromatic carbocycles. The van der Waals surface area contributed by atoms with Gasteiger partial charge in [0.05, 0.1) is 0 Å². The third kappa shape index (κ3) is 7.30. The first-order chi connectivity index (χ1) is 16.9. The van der Waals surface area contributed by atoms with Crippen molar-refractivity contribution in [1.29, 1.82) is 0 Å². The van der Waals surface area contributed by atoms with Gasteiger partial charge < -0.3 is 0 Å². The average Bonchev–Trinajstić information content (AvgIpc) is 2.85. The Balaban J connectivity index is 2.14. The molecule has 0 N–H and O–H groups in total. The van der Waals surface area contributed by atoms with Crippen molar-refractivity contribution in [3.8, 4) is 0 Å². The van der Waals surface area contributed by atoms with E-state index in [2.05, 4.69) is 155 Å². The maximum atomic E-state index is 7.28. The van der Waals surface area contributed by atoms with Gasteiger partial charge in [0.2, 0.25) is 0 Å². The van der Waals surface area contributed by atoms with Crippen molar-refractivity contribution in [3.63, 3.8) is 0 Å². The first-order valence-electron chi connectivity index (χ1n) is 13.2. The number of rotatable bonds is 4. The molecule has 0 saturated carbocycles. The number of nitrogens with zero attached hydrogens (tertiary/aromatic N) is 4. The first kappa shape index (κ1) is 30.0. The normalized spacial score (nSPS) is 17.8. The monoisotopic (exact) mass is 626 g/mol. The average molecular weight is 624 g/mol. The summed E-state index contributed by atoms with van der Waals surface area (Å²) in [6.45, 7) is 27.2. The fourth-order valence-corrected chi connectivity index (χ4v) is 14.7. The summed E-state index contributed by atoms with van der Waals surface area (Å²) in [5.74, 6) is 0. The summed E-state index contributed by atoms with van der Waals surface area (Å²) in [6.07, 6.45) is 11.0. The van der Waals surface area contributed by atoms with E-state index in [1.54, 1.807) is 0 Å². The van der Waals surface area contributed by atoms with Crippen molar-refractivity contribution >= 4 is 42.5 Å². The van der Waals surface area contributed by atoms with Gasteiger partial charge in [-0.05, 0) is 0 Å². The molecular formula is C30H46Ge2N4O+. The third-order valence-electron chi connectivity index (χ3n) is 5.79. The Hall–Kier alpha value is -1.57. The van der Waals surface area contributed by atoms with Crippen LogP contribution in [-0.4, -0.2) is 66.4 Å². The molecule has 0 atom stereocenters. The van der Waals surface area contributed by atoms with Gasteiger partial charge in [0, 0.05) is 0 Å². The zero-order valence-electron chi connectivity index (χ0n) is 25.0. The molecule has 37 heavy (non-hydrogen) atoms. The van der Waals surface area contributed by atoms with Crippen molar-refractivity contribution in [1.82, 2.24) is 3.86 Å². The fraction of sp³-hybridized carbons (Fsp3) is 0.533. The molecule has 0 fully saturated rings. The van der Waals surface area contributed by atoms with Crippen LogP contribution in [0.3, 0.4) is 0 Å². The zero-order valence-corrected chi connectivity index (χ0v) is 29.2. The summed E-state index contributed by atoms with van der Waals surface area (Å²) < 4.78 is 15.0. The van der Waals surface area contributed by atoms with E-state index in [1.807, 2.05) is 0 Å². The third-order valence-corrected chi connectivity index (χ3v) is 17.1. The second-order valence-electron chi connectivity index (χ2n) is 13.6. The van der Waals surface area contributed by atoms with Crippen LogP contribution in [0.2, 0.25) is 0 Å². The van der Waals surface area contributed by atoms with Crippen molar-refractivity contribution in [2.24, 2.45) is 4.99 Å². The standard InChI is InChI=1S/C30H46Ge2N4O/c1-27(2,3)33-23-19-15-13-16-20-24(23)34(28(4,5)6)31-37-32-35(29(7,8)9)25-21-17-14-18-22-26(25)36(32)30(10,11)12/h13-22H,1-12H3/q+1. The summed E-state index contributed by atoms with van der Waals surface area (Å²) in [5, 5.41) is 1.02. The van der Waals surface area contributed by atoms with Gasteiger partial charge in [0.25, 0.3) is 0 Å². The van der Waals surface area contributed by atoms with E-state index in [0.29, 0.717) is 0 Å². The molecule has 1 heterocycles. The van der Waals surface area contributed by atoms with Crippen LogP contribution in [0.5, 0.6) is 0 Å². The predicted molar refractivity (Wildman–Crippen MR) is 160 cm³/mol. The molecule has 0 unspecified atom stereocenters. The molecule has 0 aromatic heterocycles. The van der Waals surface area contributed by atoms with E-state index in [4.69, 9.17) is 7.78 Å². The van der Waals surface area contributed by atoms with Gasteiger partial charge in [-0.3, -0.25) is 0 Å². The predicted octanol–water partition coefficient (Wildman–Crippen LogP) is 5.90. The van der Waals surface area contributed by atoms with Crippen LogP contribution in [0.25, 0.3) is 0 Å². The summed E-state index contributed by atoms with van der Waals surface area (Å²) in [4.78, 5) is 5.11.